The minimum Gasteiger partial charge on any atom is -0.479 e. The summed E-state index contributed by atoms with van der Waals surface area (Å²) in [6.07, 6.45) is 4.19. The molecule has 0 aliphatic heterocycles. The molecule has 1 aromatic heterocycles. The maximum Gasteiger partial charge on any atom is 0.336 e. The van der Waals surface area contributed by atoms with Crippen molar-refractivity contribution in [1.29, 1.82) is 0 Å². The molecular weight excluding hydrogens is 228 g/mol. The molecule has 0 fully saturated rings. The monoisotopic (exact) mass is 244 g/mol. The van der Waals surface area contributed by atoms with Gasteiger partial charge in [-0.2, -0.15) is 5.10 Å². The lowest BCUT2D eigenvalue weighted by Gasteiger charge is -2.26. The van der Waals surface area contributed by atoms with E-state index in [1.54, 1.807) is 25.4 Å². The molecule has 0 saturated carbocycles. The minimum atomic E-state index is -1.17. The van der Waals surface area contributed by atoms with Crippen molar-refractivity contribution >= 4 is 5.97 Å². The van der Waals surface area contributed by atoms with Crippen LogP contribution in [-0.2, 0) is 16.8 Å². The minimum absolute atomic E-state index is 0.718. The topological polar surface area (TPSA) is 55.1 Å². The molecule has 18 heavy (non-hydrogen) atoms. The number of rotatable bonds is 4. The molecule has 4 nitrogen and oxygen atoms in total. The predicted octanol–water partition coefficient (Wildman–Crippen LogP) is 2.29. The summed E-state index contributed by atoms with van der Waals surface area (Å²) in [5, 5.41) is 13.6. The Morgan fingerprint density at radius 3 is 2.50 bits per heavy atom. The molecule has 0 aliphatic rings. The second kappa shape index (κ2) is 4.64. The van der Waals surface area contributed by atoms with Gasteiger partial charge >= 0.3 is 5.97 Å². The number of hydrogen-bond donors (Lipinski definition) is 1. The van der Waals surface area contributed by atoms with Gasteiger partial charge in [0.05, 0.1) is 0 Å². The molecule has 2 rings (SSSR count). The van der Waals surface area contributed by atoms with Crippen molar-refractivity contribution in [1.82, 2.24) is 9.78 Å². The van der Waals surface area contributed by atoms with Gasteiger partial charge in [0.1, 0.15) is 0 Å². The SMILES string of the molecule is CCc1ccc(C(C)(C(=O)O)n2cccn2)cc1. The first-order chi connectivity index (χ1) is 8.59. The Balaban J connectivity index is 2.50. The Kier molecular flexibility index (Phi) is 3.19. The summed E-state index contributed by atoms with van der Waals surface area (Å²) in [6.45, 7) is 3.72. The number of carboxylic acids is 1. The molecule has 0 spiro atoms. The summed E-state index contributed by atoms with van der Waals surface area (Å²) >= 11 is 0. The van der Waals surface area contributed by atoms with E-state index in [1.165, 1.54) is 10.2 Å². The Hall–Kier alpha value is -2.10. The van der Waals surface area contributed by atoms with Crippen LogP contribution in [0.5, 0.6) is 0 Å². The molecule has 1 aromatic carbocycles. The highest BCUT2D eigenvalue weighted by Gasteiger charge is 2.37. The van der Waals surface area contributed by atoms with Gasteiger partial charge in [-0.1, -0.05) is 31.2 Å². The van der Waals surface area contributed by atoms with Crippen molar-refractivity contribution in [2.45, 2.75) is 25.8 Å². The molecule has 2 aromatic rings. The molecule has 1 atom stereocenters. The van der Waals surface area contributed by atoms with Crippen LogP contribution in [0.4, 0.5) is 0 Å². The van der Waals surface area contributed by atoms with E-state index in [9.17, 15) is 9.90 Å². The highest BCUT2D eigenvalue weighted by Crippen LogP contribution is 2.26. The highest BCUT2D eigenvalue weighted by atomic mass is 16.4. The van der Waals surface area contributed by atoms with Gasteiger partial charge in [0, 0.05) is 12.4 Å². The molecule has 1 N–H and O–H groups in total. The maximum atomic E-state index is 11.6. The van der Waals surface area contributed by atoms with Gasteiger partial charge in [-0.15, -0.1) is 0 Å². The molecule has 0 saturated heterocycles. The van der Waals surface area contributed by atoms with E-state index in [0.29, 0.717) is 0 Å². The first-order valence-electron chi connectivity index (χ1n) is 5.92. The average Bonchev–Trinajstić information content (AvgIpc) is 2.92. The number of hydrogen-bond acceptors (Lipinski definition) is 2. The largest absolute Gasteiger partial charge is 0.479 e. The fraction of sp³-hybridized carbons (Fsp3) is 0.286. The molecule has 4 heteroatoms. The van der Waals surface area contributed by atoms with Crippen molar-refractivity contribution < 1.29 is 9.90 Å². The fourth-order valence-corrected chi connectivity index (χ4v) is 1.95. The first kappa shape index (κ1) is 12.4. The van der Waals surface area contributed by atoms with Crippen LogP contribution < -0.4 is 0 Å². The summed E-state index contributed by atoms with van der Waals surface area (Å²) in [5.41, 5.74) is 0.735. The van der Waals surface area contributed by atoms with E-state index in [1.807, 2.05) is 24.3 Å². The van der Waals surface area contributed by atoms with Crippen LogP contribution in [0.1, 0.15) is 25.0 Å². The van der Waals surface area contributed by atoms with Crippen molar-refractivity contribution in [2.75, 3.05) is 0 Å². The van der Waals surface area contributed by atoms with E-state index in [4.69, 9.17) is 0 Å². The van der Waals surface area contributed by atoms with Crippen LogP contribution in [0.3, 0.4) is 0 Å². The number of aromatic nitrogens is 2. The second-order valence-electron chi connectivity index (χ2n) is 4.38. The van der Waals surface area contributed by atoms with Gasteiger partial charge in [0.15, 0.2) is 5.54 Å². The fourth-order valence-electron chi connectivity index (χ4n) is 1.95. The van der Waals surface area contributed by atoms with Crippen molar-refractivity contribution in [2.24, 2.45) is 0 Å². The average molecular weight is 244 g/mol. The lowest BCUT2D eigenvalue weighted by Crippen LogP contribution is -2.40. The summed E-state index contributed by atoms with van der Waals surface area (Å²) in [7, 11) is 0. The normalized spacial score (nSPS) is 14.1. The van der Waals surface area contributed by atoms with Crippen LogP contribution in [-0.4, -0.2) is 20.9 Å². The summed E-state index contributed by atoms with van der Waals surface area (Å²) in [4.78, 5) is 11.6. The highest BCUT2D eigenvalue weighted by molar-refractivity contribution is 5.80. The van der Waals surface area contributed by atoms with Gasteiger partial charge in [0.25, 0.3) is 0 Å². The number of aryl methyl sites for hydroxylation is 1. The van der Waals surface area contributed by atoms with Crippen molar-refractivity contribution in [3.05, 3.63) is 53.9 Å². The molecule has 1 unspecified atom stereocenters. The van der Waals surface area contributed by atoms with Crippen LogP contribution in [0.2, 0.25) is 0 Å². The third kappa shape index (κ3) is 1.90. The van der Waals surface area contributed by atoms with Gasteiger partial charge in [0.2, 0.25) is 0 Å². The van der Waals surface area contributed by atoms with Crippen LogP contribution in [0, 0.1) is 0 Å². The summed E-state index contributed by atoms with van der Waals surface area (Å²) in [5.74, 6) is -0.921. The van der Waals surface area contributed by atoms with Gasteiger partial charge in [-0.05, 0) is 30.5 Å². The van der Waals surface area contributed by atoms with Crippen LogP contribution in [0.25, 0.3) is 0 Å². The van der Waals surface area contributed by atoms with E-state index in [0.717, 1.165) is 12.0 Å². The third-order valence-electron chi connectivity index (χ3n) is 3.30. The molecule has 0 radical (unpaired) electrons. The zero-order valence-electron chi connectivity index (χ0n) is 10.5. The smallest absolute Gasteiger partial charge is 0.336 e. The zero-order valence-corrected chi connectivity index (χ0v) is 10.5. The number of carboxylic acid groups (broad SMARTS) is 1. The molecule has 0 bridgehead atoms. The molecular formula is C14H16N2O2. The lowest BCUT2D eigenvalue weighted by atomic mass is 9.91. The number of benzene rings is 1. The first-order valence-corrected chi connectivity index (χ1v) is 5.92. The quantitative estimate of drug-likeness (QED) is 0.897. The van der Waals surface area contributed by atoms with E-state index in [-0.39, 0.29) is 0 Å². The van der Waals surface area contributed by atoms with Crippen LogP contribution in [0.15, 0.2) is 42.7 Å². The summed E-state index contributed by atoms with van der Waals surface area (Å²) < 4.78 is 1.47. The Morgan fingerprint density at radius 2 is 2.06 bits per heavy atom. The van der Waals surface area contributed by atoms with Gasteiger partial charge in [-0.25, -0.2) is 4.79 Å². The number of carbonyl (C=O) groups is 1. The van der Waals surface area contributed by atoms with E-state index in [2.05, 4.69) is 12.0 Å². The zero-order chi connectivity index (χ0) is 13.2. The standard InChI is InChI=1S/C14H16N2O2/c1-3-11-5-7-12(8-6-11)14(2,13(17)18)16-10-4-9-15-16/h4-10H,3H2,1-2H3,(H,17,18). The van der Waals surface area contributed by atoms with E-state index >= 15 is 0 Å². The van der Waals surface area contributed by atoms with Crippen molar-refractivity contribution in [3.8, 4) is 0 Å². The third-order valence-corrected chi connectivity index (χ3v) is 3.30. The molecule has 0 amide bonds. The molecule has 1 heterocycles. The maximum absolute atomic E-state index is 11.6. The summed E-state index contributed by atoms with van der Waals surface area (Å²) in [6, 6.07) is 9.35. The number of nitrogens with zero attached hydrogens (tertiary/aromatic N) is 2. The Morgan fingerprint density at radius 1 is 1.39 bits per heavy atom. The van der Waals surface area contributed by atoms with Crippen LogP contribution >= 0.6 is 0 Å². The molecule has 94 valence electrons. The molecule has 0 aliphatic carbocycles. The second-order valence-corrected chi connectivity index (χ2v) is 4.38. The van der Waals surface area contributed by atoms with Gasteiger partial charge < -0.3 is 5.11 Å². The Labute approximate surface area is 106 Å². The van der Waals surface area contributed by atoms with Crippen molar-refractivity contribution in [3.63, 3.8) is 0 Å². The number of aliphatic carboxylic acids is 1. The van der Waals surface area contributed by atoms with E-state index < -0.39 is 11.5 Å². The Bertz CT molecular complexity index is 531. The lowest BCUT2D eigenvalue weighted by molar-refractivity contribution is -0.144. The van der Waals surface area contributed by atoms with Gasteiger partial charge in [-0.3, -0.25) is 4.68 Å². The predicted molar refractivity (Wildman–Crippen MR) is 68.4 cm³/mol.